The molecule has 108 valence electrons. The van der Waals surface area contributed by atoms with Gasteiger partial charge in [-0.15, -0.1) is 0 Å². The summed E-state index contributed by atoms with van der Waals surface area (Å²) in [5.74, 6) is 0.0450. The van der Waals surface area contributed by atoms with Crippen molar-refractivity contribution in [3.05, 3.63) is 47.7 Å². The van der Waals surface area contributed by atoms with Crippen LogP contribution in [0.4, 0.5) is 0 Å². The monoisotopic (exact) mass is 273 g/mol. The van der Waals surface area contributed by atoms with Crippen LogP contribution in [0, 0.1) is 18.8 Å². The second kappa shape index (κ2) is 7.13. The van der Waals surface area contributed by atoms with Gasteiger partial charge in [-0.2, -0.15) is 0 Å². The first kappa shape index (κ1) is 14.6. The maximum absolute atomic E-state index is 10.8. The van der Waals surface area contributed by atoms with Crippen LogP contribution in [0.5, 0.6) is 0 Å². The van der Waals surface area contributed by atoms with Gasteiger partial charge in [0.1, 0.15) is 0 Å². The van der Waals surface area contributed by atoms with Gasteiger partial charge in [-0.05, 0) is 43.4 Å². The zero-order valence-corrected chi connectivity index (χ0v) is 12.0. The number of hydrogen-bond acceptors (Lipinski definition) is 2. The molecule has 20 heavy (non-hydrogen) atoms. The average Bonchev–Trinajstić information content (AvgIpc) is 2.81. The van der Waals surface area contributed by atoms with Gasteiger partial charge in [0.15, 0.2) is 0 Å². The molecule has 3 heteroatoms. The van der Waals surface area contributed by atoms with Crippen LogP contribution in [-0.4, -0.2) is 11.1 Å². The number of allylic oxidation sites excluding steroid dienone is 1. The first-order valence-electron chi connectivity index (χ1n) is 7.32. The molecule has 1 saturated carbocycles. The maximum atomic E-state index is 10.8. The number of carbonyl (C=O) groups is 1. The van der Waals surface area contributed by atoms with Crippen molar-refractivity contribution in [3.63, 3.8) is 0 Å². The summed E-state index contributed by atoms with van der Waals surface area (Å²) in [5.41, 5.74) is 2.54. The molecule has 1 unspecified atom stereocenters. The standard InChI is InChI=1S/C17H23NO2/c1-13-4-2-5-14(10-13)12-18-9-8-15-6-3-7-16(15)11-17(19)20/h2,4-5,8-10,15-16,18H,3,6-7,11-12H2,1H3,(H,19,20)/b9-8+/t15?,16-/m1/s1. The second-order valence-corrected chi connectivity index (χ2v) is 5.68. The average molecular weight is 273 g/mol. The highest BCUT2D eigenvalue weighted by Crippen LogP contribution is 2.34. The van der Waals surface area contributed by atoms with Crippen LogP contribution in [0.3, 0.4) is 0 Å². The van der Waals surface area contributed by atoms with Crippen LogP contribution < -0.4 is 5.32 Å². The van der Waals surface area contributed by atoms with E-state index in [0.717, 1.165) is 25.8 Å². The predicted molar refractivity (Wildman–Crippen MR) is 80.2 cm³/mol. The highest BCUT2D eigenvalue weighted by Gasteiger charge is 2.26. The number of hydrogen-bond donors (Lipinski definition) is 2. The Bertz CT molecular complexity index is 482. The van der Waals surface area contributed by atoms with E-state index in [1.165, 1.54) is 11.1 Å². The van der Waals surface area contributed by atoms with Gasteiger partial charge in [-0.25, -0.2) is 0 Å². The quantitative estimate of drug-likeness (QED) is 0.834. The first-order valence-corrected chi connectivity index (χ1v) is 7.32. The van der Waals surface area contributed by atoms with Crippen molar-refractivity contribution in [2.24, 2.45) is 11.8 Å². The number of rotatable bonds is 6. The first-order chi connectivity index (χ1) is 9.65. The van der Waals surface area contributed by atoms with Crippen molar-refractivity contribution in [3.8, 4) is 0 Å². The summed E-state index contributed by atoms with van der Waals surface area (Å²) in [6.07, 6.45) is 7.74. The van der Waals surface area contributed by atoms with Crippen LogP contribution in [0.1, 0.15) is 36.8 Å². The molecule has 0 radical (unpaired) electrons. The molecule has 0 amide bonds. The molecule has 0 spiro atoms. The van der Waals surface area contributed by atoms with Crippen LogP contribution in [-0.2, 0) is 11.3 Å². The van der Waals surface area contributed by atoms with Crippen LogP contribution in [0.25, 0.3) is 0 Å². The van der Waals surface area contributed by atoms with Crippen LogP contribution in [0.15, 0.2) is 36.5 Å². The summed E-state index contributed by atoms with van der Waals surface area (Å²) >= 11 is 0. The minimum Gasteiger partial charge on any atom is -0.481 e. The minimum absolute atomic E-state index is 0.298. The lowest BCUT2D eigenvalue weighted by Crippen LogP contribution is -2.12. The normalized spacial score (nSPS) is 22.2. The van der Waals surface area contributed by atoms with Crippen LogP contribution >= 0.6 is 0 Å². The lowest BCUT2D eigenvalue weighted by Gasteiger charge is -2.13. The van der Waals surface area contributed by atoms with Crippen molar-refractivity contribution in [2.45, 2.75) is 39.2 Å². The summed E-state index contributed by atoms with van der Waals surface area (Å²) in [4.78, 5) is 10.8. The van der Waals surface area contributed by atoms with Crippen LogP contribution in [0.2, 0.25) is 0 Å². The van der Waals surface area contributed by atoms with E-state index in [9.17, 15) is 4.79 Å². The number of carboxylic acids is 1. The van der Waals surface area contributed by atoms with E-state index in [2.05, 4.69) is 42.6 Å². The van der Waals surface area contributed by atoms with Gasteiger partial charge in [0.2, 0.25) is 0 Å². The van der Waals surface area contributed by atoms with Gasteiger partial charge >= 0.3 is 5.97 Å². The van der Waals surface area contributed by atoms with E-state index in [4.69, 9.17) is 5.11 Å². The van der Waals surface area contributed by atoms with Gasteiger partial charge in [0.05, 0.1) is 0 Å². The van der Waals surface area contributed by atoms with Crippen molar-refractivity contribution in [2.75, 3.05) is 0 Å². The molecule has 0 aromatic heterocycles. The van der Waals surface area contributed by atoms with E-state index in [-0.39, 0.29) is 0 Å². The zero-order chi connectivity index (χ0) is 14.4. The van der Waals surface area contributed by atoms with Gasteiger partial charge in [0, 0.05) is 13.0 Å². The molecule has 0 heterocycles. The summed E-state index contributed by atoms with van der Waals surface area (Å²) in [6, 6.07) is 8.44. The van der Waals surface area contributed by atoms with Gasteiger partial charge < -0.3 is 10.4 Å². The van der Waals surface area contributed by atoms with E-state index in [1.807, 2.05) is 6.20 Å². The van der Waals surface area contributed by atoms with Gasteiger partial charge in [0.25, 0.3) is 0 Å². The largest absolute Gasteiger partial charge is 0.481 e. The third-order valence-corrected chi connectivity index (χ3v) is 4.00. The highest BCUT2D eigenvalue weighted by molar-refractivity contribution is 5.67. The maximum Gasteiger partial charge on any atom is 0.303 e. The molecule has 0 aliphatic heterocycles. The Labute approximate surface area is 120 Å². The van der Waals surface area contributed by atoms with E-state index >= 15 is 0 Å². The molecule has 0 saturated heterocycles. The summed E-state index contributed by atoms with van der Waals surface area (Å²) in [7, 11) is 0. The van der Waals surface area contributed by atoms with Gasteiger partial charge in [-0.3, -0.25) is 4.79 Å². The number of nitrogens with one attached hydrogen (secondary N) is 1. The number of carboxylic acid groups (broad SMARTS) is 1. The topological polar surface area (TPSA) is 49.3 Å². The molecule has 3 nitrogen and oxygen atoms in total. The molecule has 2 rings (SSSR count). The molecule has 1 fully saturated rings. The fourth-order valence-electron chi connectivity index (χ4n) is 2.99. The Morgan fingerprint density at radius 2 is 2.30 bits per heavy atom. The molecule has 1 aromatic rings. The fourth-order valence-corrected chi connectivity index (χ4v) is 2.99. The van der Waals surface area contributed by atoms with Crippen molar-refractivity contribution in [1.82, 2.24) is 5.32 Å². The SMILES string of the molecule is Cc1cccc(CN/C=C/C2CCC[C@@H]2CC(=O)O)c1. The van der Waals surface area contributed by atoms with Crippen molar-refractivity contribution >= 4 is 5.97 Å². The van der Waals surface area contributed by atoms with Crippen molar-refractivity contribution < 1.29 is 9.90 Å². The summed E-state index contributed by atoms with van der Waals surface area (Å²) < 4.78 is 0. The smallest absolute Gasteiger partial charge is 0.303 e. The molecular formula is C17H23NO2. The number of aryl methyl sites for hydroxylation is 1. The number of aliphatic carboxylic acids is 1. The van der Waals surface area contributed by atoms with E-state index < -0.39 is 5.97 Å². The minimum atomic E-state index is -0.678. The molecule has 2 N–H and O–H groups in total. The highest BCUT2D eigenvalue weighted by atomic mass is 16.4. The number of benzene rings is 1. The van der Waals surface area contributed by atoms with Gasteiger partial charge in [-0.1, -0.05) is 42.3 Å². The zero-order valence-electron chi connectivity index (χ0n) is 12.0. The lowest BCUT2D eigenvalue weighted by atomic mass is 9.93. The summed E-state index contributed by atoms with van der Waals surface area (Å²) in [6.45, 7) is 2.91. The fraction of sp³-hybridized carbons (Fsp3) is 0.471. The third kappa shape index (κ3) is 4.41. The molecule has 1 aliphatic rings. The molecule has 2 atom stereocenters. The predicted octanol–water partition coefficient (Wildman–Crippen LogP) is 3.49. The second-order valence-electron chi connectivity index (χ2n) is 5.68. The Kier molecular flexibility index (Phi) is 5.22. The Morgan fingerprint density at radius 3 is 3.05 bits per heavy atom. The Morgan fingerprint density at radius 1 is 1.45 bits per heavy atom. The summed E-state index contributed by atoms with van der Waals surface area (Å²) in [5, 5.41) is 12.2. The Balaban J connectivity index is 1.79. The molecule has 1 aliphatic carbocycles. The molecule has 1 aromatic carbocycles. The molecule has 0 bridgehead atoms. The third-order valence-electron chi connectivity index (χ3n) is 4.00. The van der Waals surface area contributed by atoms with E-state index in [1.54, 1.807) is 0 Å². The lowest BCUT2D eigenvalue weighted by molar-refractivity contribution is -0.138. The molecular weight excluding hydrogens is 250 g/mol. The van der Waals surface area contributed by atoms with Crippen molar-refractivity contribution in [1.29, 1.82) is 0 Å². The van der Waals surface area contributed by atoms with E-state index in [0.29, 0.717) is 18.3 Å². The Hall–Kier alpha value is -1.77.